The van der Waals surface area contributed by atoms with Crippen LogP contribution in [0.2, 0.25) is 0 Å². The van der Waals surface area contributed by atoms with E-state index in [1.165, 1.54) is 0 Å². The van der Waals surface area contributed by atoms with Crippen molar-refractivity contribution in [3.63, 3.8) is 0 Å². The molecule has 2 aromatic heterocycles. The lowest BCUT2D eigenvalue weighted by atomic mass is 9.99. The van der Waals surface area contributed by atoms with Gasteiger partial charge in [-0.05, 0) is 29.2 Å². The normalized spacial score (nSPS) is 11.1. The first-order chi connectivity index (χ1) is 14.2. The first kappa shape index (κ1) is 18.8. The van der Waals surface area contributed by atoms with Crippen LogP contribution in [0.25, 0.3) is 22.3 Å². The Bertz CT molecular complexity index is 1150. The summed E-state index contributed by atoms with van der Waals surface area (Å²) < 4.78 is 2.15. The largest absolute Gasteiger partial charge is 0.478 e. The predicted molar refractivity (Wildman–Crippen MR) is 112 cm³/mol. The molecule has 0 aliphatic heterocycles. The molecule has 0 saturated heterocycles. The highest BCUT2D eigenvalue weighted by Crippen LogP contribution is 2.25. The van der Waals surface area contributed by atoms with Gasteiger partial charge < -0.3 is 9.67 Å². The monoisotopic (exact) mass is 386 g/mol. The Morgan fingerprint density at radius 3 is 2.66 bits per heavy atom. The van der Waals surface area contributed by atoms with E-state index in [1.54, 1.807) is 24.7 Å². The van der Waals surface area contributed by atoms with Crippen molar-refractivity contribution in [3.8, 4) is 11.1 Å². The van der Waals surface area contributed by atoms with Gasteiger partial charge in [-0.3, -0.25) is 0 Å². The fourth-order valence-electron chi connectivity index (χ4n) is 3.51. The van der Waals surface area contributed by atoms with Crippen LogP contribution in [-0.2, 0) is 13.0 Å². The second-order valence-electron chi connectivity index (χ2n) is 7.00. The molecular weight excluding hydrogens is 364 g/mol. The number of imidazole rings is 1. The minimum absolute atomic E-state index is 0.305. The summed E-state index contributed by atoms with van der Waals surface area (Å²) in [6.45, 7) is 2.83. The van der Waals surface area contributed by atoms with Gasteiger partial charge >= 0.3 is 5.97 Å². The van der Waals surface area contributed by atoms with Crippen molar-refractivity contribution >= 4 is 17.1 Å². The molecule has 0 aliphatic rings. The van der Waals surface area contributed by atoms with E-state index in [-0.39, 0.29) is 0 Å². The maximum atomic E-state index is 11.5. The van der Waals surface area contributed by atoms with Gasteiger partial charge in [0, 0.05) is 6.42 Å². The zero-order valence-corrected chi connectivity index (χ0v) is 16.2. The van der Waals surface area contributed by atoms with Crippen molar-refractivity contribution in [3.05, 3.63) is 78.0 Å². The van der Waals surface area contributed by atoms with E-state index < -0.39 is 5.97 Å². The van der Waals surface area contributed by atoms with E-state index in [9.17, 15) is 9.90 Å². The van der Waals surface area contributed by atoms with Crippen LogP contribution in [-0.4, -0.2) is 30.6 Å². The van der Waals surface area contributed by atoms with E-state index in [0.717, 1.165) is 52.9 Å². The number of aryl methyl sites for hydroxylation is 1. The number of rotatable bonds is 7. The average Bonchev–Trinajstić information content (AvgIpc) is 3.10. The Labute approximate surface area is 168 Å². The molecule has 4 aromatic rings. The Morgan fingerprint density at radius 1 is 1.10 bits per heavy atom. The summed E-state index contributed by atoms with van der Waals surface area (Å²) in [6.07, 6.45) is 6.38. The molecule has 6 nitrogen and oxygen atoms in total. The van der Waals surface area contributed by atoms with Crippen molar-refractivity contribution in [1.29, 1.82) is 0 Å². The summed E-state index contributed by atoms with van der Waals surface area (Å²) in [5.41, 5.74) is 4.67. The van der Waals surface area contributed by atoms with E-state index in [4.69, 9.17) is 4.98 Å². The number of hydrogen-bond donors (Lipinski definition) is 1. The van der Waals surface area contributed by atoms with Gasteiger partial charge in [-0.2, -0.15) is 0 Å². The highest BCUT2D eigenvalue weighted by molar-refractivity contribution is 5.96. The molecule has 2 heterocycles. The number of nitrogens with zero attached hydrogens (tertiary/aromatic N) is 4. The highest BCUT2D eigenvalue weighted by atomic mass is 16.4. The lowest BCUT2D eigenvalue weighted by Crippen LogP contribution is -2.06. The molecule has 0 fully saturated rings. The zero-order valence-electron chi connectivity index (χ0n) is 16.2. The molecule has 0 atom stereocenters. The van der Waals surface area contributed by atoms with E-state index in [1.807, 2.05) is 36.4 Å². The van der Waals surface area contributed by atoms with Gasteiger partial charge in [-0.15, -0.1) is 0 Å². The molecule has 0 bridgehead atoms. The smallest absolute Gasteiger partial charge is 0.336 e. The van der Waals surface area contributed by atoms with Crippen LogP contribution in [0.3, 0.4) is 0 Å². The van der Waals surface area contributed by atoms with Gasteiger partial charge in [0.15, 0.2) is 5.65 Å². The Balaban J connectivity index is 1.66. The number of benzene rings is 2. The van der Waals surface area contributed by atoms with Crippen LogP contribution in [0, 0.1) is 0 Å². The summed E-state index contributed by atoms with van der Waals surface area (Å²) in [6, 6.07) is 15.1. The summed E-state index contributed by atoms with van der Waals surface area (Å²) in [4.78, 5) is 24.7. The second kappa shape index (κ2) is 8.22. The topological polar surface area (TPSA) is 80.9 Å². The van der Waals surface area contributed by atoms with Crippen LogP contribution >= 0.6 is 0 Å². The van der Waals surface area contributed by atoms with Crippen LogP contribution in [0.1, 0.15) is 41.5 Å². The summed E-state index contributed by atoms with van der Waals surface area (Å²) in [5.74, 6) is 0.0949. The molecule has 0 aliphatic carbocycles. The number of fused-ring (bicyclic) bond motifs is 1. The fourth-order valence-corrected chi connectivity index (χ4v) is 3.51. The number of carboxylic acids is 1. The van der Waals surface area contributed by atoms with Crippen LogP contribution in [0.15, 0.2) is 61.1 Å². The van der Waals surface area contributed by atoms with Crippen LogP contribution in [0.4, 0.5) is 0 Å². The number of aromatic carboxylic acids is 1. The SMILES string of the molecule is CCCCc1nc2cncnc2n1Cc1ccc(-c2ccccc2C(=O)O)cc1. The third-order valence-corrected chi connectivity index (χ3v) is 5.01. The number of hydrogen-bond acceptors (Lipinski definition) is 4. The second-order valence-corrected chi connectivity index (χ2v) is 7.00. The molecule has 2 aromatic carbocycles. The average molecular weight is 386 g/mol. The molecular formula is C23H22N4O2. The lowest BCUT2D eigenvalue weighted by Gasteiger charge is -2.10. The Kier molecular flexibility index (Phi) is 5.33. The molecule has 4 rings (SSSR count). The van der Waals surface area contributed by atoms with Gasteiger partial charge in [-0.25, -0.2) is 19.7 Å². The van der Waals surface area contributed by atoms with Crippen molar-refractivity contribution in [2.24, 2.45) is 0 Å². The molecule has 146 valence electrons. The standard InChI is InChI=1S/C23H22N4O2/c1-2-3-8-21-26-20-13-24-15-25-22(20)27(21)14-16-9-11-17(12-10-16)18-6-4-5-7-19(18)23(28)29/h4-7,9-13,15H,2-3,8,14H2,1H3,(H,28,29). The van der Waals surface area contributed by atoms with E-state index in [2.05, 4.69) is 21.5 Å². The first-order valence-corrected chi connectivity index (χ1v) is 9.74. The van der Waals surface area contributed by atoms with Crippen LogP contribution in [0.5, 0.6) is 0 Å². The van der Waals surface area contributed by atoms with Crippen molar-refractivity contribution in [2.75, 3.05) is 0 Å². The molecule has 1 N–H and O–H groups in total. The van der Waals surface area contributed by atoms with Crippen molar-refractivity contribution in [1.82, 2.24) is 19.5 Å². The summed E-state index contributed by atoms with van der Waals surface area (Å²) in [7, 11) is 0. The molecule has 0 saturated carbocycles. The Morgan fingerprint density at radius 2 is 1.90 bits per heavy atom. The lowest BCUT2D eigenvalue weighted by molar-refractivity contribution is 0.0697. The first-order valence-electron chi connectivity index (χ1n) is 9.74. The van der Waals surface area contributed by atoms with Gasteiger partial charge in [0.2, 0.25) is 0 Å². The maximum Gasteiger partial charge on any atom is 0.336 e. The fraction of sp³-hybridized carbons (Fsp3) is 0.217. The van der Waals surface area contributed by atoms with E-state index >= 15 is 0 Å². The van der Waals surface area contributed by atoms with E-state index in [0.29, 0.717) is 12.1 Å². The minimum atomic E-state index is -0.921. The molecule has 6 heteroatoms. The molecule has 0 amide bonds. The maximum absolute atomic E-state index is 11.5. The van der Waals surface area contributed by atoms with Gasteiger partial charge in [0.05, 0.1) is 18.3 Å². The quantitative estimate of drug-likeness (QED) is 0.503. The summed E-state index contributed by atoms with van der Waals surface area (Å²) in [5, 5.41) is 9.43. The van der Waals surface area contributed by atoms with Crippen molar-refractivity contribution in [2.45, 2.75) is 32.7 Å². The number of carboxylic acid groups (broad SMARTS) is 1. The minimum Gasteiger partial charge on any atom is -0.478 e. The summed E-state index contributed by atoms with van der Waals surface area (Å²) >= 11 is 0. The molecule has 29 heavy (non-hydrogen) atoms. The van der Waals surface area contributed by atoms with Gasteiger partial charge in [0.1, 0.15) is 17.7 Å². The zero-order chi connectivity index (χ0) is 20.2. The molecule has 0 spiro atoms. The number of carbonyl (C=O) groups is 1. The molecule has 0 radical (unpaired) electrons. The third-order valence-electron chi connectivity index (χ3n) is 5.01. The third kappa shape index (κ3) is 3.87. The highest BCUT2D eigenvalue weighted by Gasteiger charge is 2.13. The van der Waals surface area contributed by atoms with Crippen LogP contribution < -0.4 is 0 Å². The van der Waals surface area contributed by atoms with Gasteiger partial charge in [-0.1, -0.05) is 55.8 Å². The number of unbranched alkanes of at least 4 members (excludes halogenated alkanes) is 1. The predicted octanol–water partition coefficient (Wildman–Crippen LogP) is 4.58. The molecule has 0 unspecified atom stereocenters. The van der Waals surface area contributed by atoms with Gasteiger partial charge in [0.25, 0.3) is 0 Å². The Hall–Kier alpha value is -3.54. The van der Waals surface area contributed by atoms with Crippen molar-refractivity contribution < 1.29 is 9.90 Å². The number of aromatic nitrogens is 4.